The van der Waals surface area contributed by atoms with Gasteiger partial charge in [0.2, 0.25) is 10.0 Å². The molecule has 0 radical (unpaired) electrons. The molecule has 28 heavy (non-hydrogen) atoms. The van der Waals surface area contributed by atoms with Gasteiger partial charge >= 0.3 is 0 Å². The molecule has 0 bridgehead atoms. The number of nitro groups is 1. The summed E-state index contributed by atoms with van der Waals surface area (Å²) < 4.78 is 27.0. The van der Waals surface area contributed by atoms with Crippen molar-refractivity contribution >= 4 is 50.8 Å². The zero-order valence-electron chi connectivity index (χ0n) is 15.1. The maximum Gasteiger partial charge on any atom is 0.270 e. The second-order valence-corrected chi connectivity index (χ2v) is 8.25. The number of hydrazone groups is 1. The zero-order valence-corrected chi connectivity index (χ0v) is 17.4. The first-order valence-corrected chi connectivity index (χ1v) is 10.4. The van der Waals surface area contributed by atoms with E-state index in [-0.39, 0.29) is 29.4 Å². The summed E-state index contributed by atoms with van der Waals surface area (Å²) in [5.74, 6) is 0. The quantitative estimate of drug-likeness (QED) is 0.369. The summed E-state index contributed by atoms with van der Waals surface area (Å²) in [7, 11) is -3.96. The van der Waals surface area contributed by atoms with Gasteiger partial charge in [0.1, 0.15) is 4.90 Å². The SMILES string of the molecule is CCN(CC)S(=O)(=O)c1cc([N+](=O)[O-])ccc1NN=Cc1c(Cl)cccc1Cl. The molecule has 0 aliphatic carbocycles. The molecule has 2 aromatic carbocycles. The number of hydrogen-bond donors (Lipinski definition) is 1. The Balaban J connectivity index is 2.47. The summed E-state index contributed by atoms with van der Waals surface area (Å²) in [6.45, 7) is 3.81. The van der Waals surface area contributed by atoms with Crippen LogP contribution in [0.25, 0.3) is 0 Å². The lowest BCUT2D eigenvalue weighted by Gasteiger charge is -2.20. The lowest BCUT2D eigenvalue weighted by molar-refractivity contribution is -0.385. The number of halogens is 2. The average molecular weight is 445 g/mol. The van der Waals surface area contributed by atoms with Gasteiger partial charge in [0.25, 0.3) is 5.69 Å². The molecule has 1 N–H and O–H groups in total. The molecule has 0 unspecified atom stereocenters. The maximum atomic E-state index is 12.9. The van der Waals surface area contributed by atoms with E-state index in [4.69, 9.17) is 23.2 Å². The number of sulfonamides is 1. The van der Waals surface area contributed by atoms with Crippen LogP contribution in [0.5, 0.6) is 0 Å². The molecule has 2 rings (SSSR count). The Hall–Kier alpha value is -2.20. The third-order valence-corrected chi connectivity index (χ3v) is 6.63. The Morgan fingerprint density at radius 3 is 2.32 bits per heavy atom. The van der Waals surface area contributed by atoms with Gasteiger partial charge in [0, 0.05) is 30.8 Å². The van der Waals surface area contributed by atoms with Gasteiger partial charge in [-0.3, -0.25) is 15.5 Å². The van der Waals surface area contributed by atoms with Crippen LogP contribution in [0.15, 0.2) is 46.4 Å². The van der Waals surface area contributed by atoms with Crippen LogP contribution in [-0.4, -0.2) is 37.0 Å². The lowest BCUT2D eigenvalue weighted by Crippen LogP contribution is -2.31. The molecular weight excluding hydrogens is 427 g/mol. The predicted octanol–water partition coefficient (Wildman–Crippen LogP) is 4.38. The van der Waals surface area contributed by atoms with Crippen molar-refractivity contribution in [2.45, 2.75) is 18.7 Å². The van der Waals surface area contributed by atoms with Gasteiger partial charge in [-0.1, -0.05) is 43.1 Å². The van der Waals surface area contributed by atoms with Crippen molar-refractivity contribution in [1.29, 1.82) is 0 Å². The second-order valence-electron chi connectivity index (χ2n) is 5.53. The van der Waals surface area contributed by atoms with Crippen LogP contribution in [0, 0.1) is 10.1 Å². The number of non-ortho nitro benzene ring substituents is 1. The third-order valence-electron chi connectivity index (χ3n) is 3.88. The minimum absolute atomic E-state index is 0.0944. The van der Waals surface area contributed by atoms with E-state index in [9.17, 15) is 18.5 Å². The van der Waals surface area contributed by atoms with Gasteiger partial charge in [0.05, 0.1) is 26.9 Å². The Labute approximate surface area is 173 Å². The second kappa shape index (κ2) is 9.33. The first-order chi connectivity index (χ1) is 13.2. The standard InChI is InChI=1S/C17H18Cl2N4O4S/c1-3-22(4-2)28(26,27)17-10-12(23(24)25)8-9-16(17)21-20-11-13-14(18)6-5-7-15(13)19/h5-11,21H,3-4H2,1-2H3. The van der Waals surface area contributed by atoms with E-state index in [1.807, 2.05) is 0 Å². The Morgan fingerprint density at radius 2 is 1.79 bits per heavy atom. The van der Waals surface area contributed by atoms with E-state index >= 15 is 0 Å². The first kappa shape index (κ1) is 22.1. The Bertz CT molecular complexity index is 988. The normalized spacial score (nSPS) is 11.9. The molecule has 0 saturated carbocycles. The van der Waals surface area contributed by atoms with E-state index in [2.05, 4.69) is 10.5 Å². The summed E-state index contributed by atoms with van der Waals surface area (Å²) in [5.41, 5.74) is 2.82. The van der Waals surface area contributed by atoms with E-state index in [0.29, 0.717) is 15.6 Å². The molecule has 0 heterocycles. The van der Waals surface area contributed by atoms with Crippen LogP contribution in [0.2, 0.25) is 10.0 Å². The topological polar surface area (TPSA) is 105 Å². The van der Waals surface area contributed by atoms with Crippen LogP contribution in [0.3, 0.4) is 0 Å². The van der Waals surface area contributed by atoms with Crippen LogP contribution >= 0.6 is 23.2 Å². The molecular formula is C17H18Cl2N4O4S. The van der Waals surface area contributed by atoms with Gasteiger partial charge in [-0.25, -0.2) is 8.42 Å². The van der Waals surface area contributed by atoms with Crippen molar-refractivity contribution in [3.05, 3.63) is 62.1 Å². The fourth-order valence-electron chi connectivity index (χ4n) is 2.43. The highest BCUT2D eigenvalue weighted by Gasteiger charge is 2.27. The van der Waals surface area contributed by atoms with Crippen LogP contribution < -0.4 is 5.43 Å². The van der Waals surface area contributed by atoms with Crippen LogP contribution in [0.4, 0.5) is 11.4 Å². The molecule has 0 aromatic heterocycles. The smallest absolute Gasteiger partial charge is 0.270 e. The molecule has 0 aliphatic heterocycles. The minimum atomic E-state index is -3.96. The summed E-state index contributed by atoms with van der Waals surface area (Å²) in [6, 6.07) is 8.45. The fraction of sp³-hybridized carbons (Fsp3) is 0.235. The molecule has 11 heteroatoms. The minimum Gasteiger partial charge on any atom is -0.277 e. The number of nitrogens with zero attached hydrogens (tertiary/aromatic N) is 3. The summed E-state index contributed by atoms with van der Waals surface area (Å²) in [5, 5.41) is 15.8. The monoisotopic (exact) mass is 444 g/mol. The number of nitro benzene ring substituents is 1. The highest BCUT2D eigenvalue weighted by atomic mass is 35.5. The summed E-state index contributed by atoms with van der Waals surface area (Å²) >= 11 is 12.1. The highest BCUT2D eigenvalue weighted by Crippen LogP contribution is 2.29. The molecule has 0 amide bonds. The van der Waals surface area contributed by atoms with Gasteiger partial charge in [-0.2, -0.15) is 9.41 Å². The van der Waals surface area contributed by atoms with Crippen molar-refractivity contribution in [1.82, 2.24) is 4.31 Å². The van der Waals surface area contributed by atoms with Crippen molar-refractivity contribution in [3.63, 3.8) is 0 Å². The third kappa shape index (κ3) is 4.79. The van der Waals surface area contributed by atoms with E-state index in [0.717, 1.165) is 6.07 Å². The van der Waals surface area contributed by atoms with Gasteiger partial charge in [0.15, 0.2) is 0 Å². The predicted molar refractivity (Wildman–Crippen MR) is 111 cm³/mol. The summed E-state index contributed by atoms with van der Waals surface area (Å²) in [4.78, 5) is 10.2. The van der Waals surface area contributed by atoms with Crippen LogP contribution in [-0.2, 0) is 10.0 Å². The molecule has 0 fully saturated rings. The lowest BCUT2D eigenvalue weighted by atomic mass is 10.2. The number of benzene rings is 2. The van der Waals surface area contributed by atoms with Gasteiger partial charge in [-0.05, 0) is 18.2 Å². The summed E-state index contributed by atoms with van der Waals surface area (Å²) in [6.07, 6.45) is 1.35. The number of nitrogens with one attached hydrogen (secondary N) is 1. The van der Waals surface area contributed by atoms with Gasteiger partial charge < -0.3 is 0 Å². The molecule has 150 valence electrons. The average Bonchev–Trinajstić information content (AvgIpc) is 2.64. The number of anilines is 1. The highest BCUT2D eigenvalue weighted by molar-refractivity contribution is 7.89. The van der Waals surface area contributed by atoms with E-state index in [1.165, 1.54) is 22.7 Å². The first-order valence-electron chi connectivity index (χ1n) is 8.24. The molecule has 0 atom stereocenters. The molecule has 0 spiro atoms. The Morgan fingerprint density at radius 1 is 1.18 bits per heavy atom. The molecule has 2 aromatic rings. The van der Waals surface area contributed by atoms with Crippen molar-refractivity contribution in [3.8, 4) is 0 Å². The number of rotatable bonds is 8. The molecule has 0 saturated heterocycles. The van der Waals surface area contributed by atoms with Crippen molar-refractivity contribution < 1.29 is 13.3 Å². The molecule has 0 aliphatic rings. The molecule has 8 nitrogen and oxygen atoms in total. The maximum absolute atomic E-state index is 12.9. The van der Waals surface area contributed by atoms with E-state index in [1.54, 1.807) is 32.0 Å². The van der Waals surface area contributed by atoms with Crippen molar-refractivity contribution in [2.75, 3.05) is 18.5 Å². The van der Waals surface area contributed by atoms with E-state index < -0.39 is 14.9 Å². The largest absolute Gasteiger partial charge is 0.277 e. The fourth-order valence-corrected chi connectivity index (χ4v) is 4.55. The van der Waals surface area contributed by atoms with Crippen LogP contribution in [0.1, 0.15) is 19.4 Å². The number of hydrogen-bond acceptors (Lipinski definition) is 6. The zero-order chi connectivity index (χ0) is 20.9. The van der Waals surface area contributed by atoms with Gasteiger partial charge in [-0.15, -0.1) is 0 Å². The Kier molecular flexibility index (Phi) is 7.36. The van der Waals surface area contributed by atoms with Crippen molar-refractivity contribution in [2.24, 2.45) is 5.10 Å².